The lowest BCUT2D eigenvalue weighted by molar-refractivity contribution is -0.0987. The first-order valence-corrected chi connectivity index (χ1v) is 6.21. The molecule has 0 atom stereocenters. The van der Waals surface area contributed by atoms with Gasteiger partial charge in [0.25, 0.3) is 0 Å². The van der Waals surface area contributed by atoms with Gasteiger partial charge in [0.15, 0.2) is 0 Å². The van der Waals surface area contributed by atoms with E-state index in [0.717, 1.165) is 25.3 Å². The largest absolute Gasteiger partial charge is 0.379 e. The van der Waals surface area contributed by atoms with Gasteiger partial charge >= 0.3 is 0 Å². The van der Waals surface area contributed by atoms with Gasteiger partial charge in [0, 0.05) is 12.0 Å². The lowest BCUT2D eigenvalue weighted by Crippen LogP contribution is -2.56. The third-order valence-electron chi connectivity index (χ3n) is 4.46. The van der Waals surface area contributed by atoms with E-state index in [1.54, 1.807) is 12.1 Å². The number of rotatable bonds is 4. The summed E-state index contributed by atoms with van der Waals surface area (Å²) in [6.45, 7) is 2.46. The van der Waals surface area contributed by atoms with E-state index in [1.165, 1.54) is 18.9 Å². The van der Waals surface area contributed by atoms with Crippen LogP contribution in [0.5, 0.6) is 0 Å². The molecule has 0 bridgehead atoms. The number of halogens is 1. The fraction of sp³-hybridized carbons (Fsp3) is 0.571. The first-order chi connectivity index (χ1) is 8.22. The van der Waals surface area contributed by atoms with Crippen LogP contribution in [0, 0.1) is 11.2 Å². The van der Waals surface area contributed by atoms with Crippen molar-refractivity contribution >= 4 is 0 Å². The standard InChI is InChI=1S/C14H18FNO/c1-16-8-13(5-6-13)14(9-17-10-14)11-3-2-4-12(15)7-11/h2-4,7,16H,5-6,8-10H2,1H3. The highest BCUT2D eigenvalue weighted by Crippen LogP contribution is 2.62. The minimum absolute atomic E-state index is 0.0398. The molecular weight excluding hydrogens is 217 g/mol. The maximum Gasteiger partial charge on any atom is 0.123 e. The summed E-state index contributed by atoms with van der Waals surface area (Å²) in [6.07, 6.45) is 2.43. The zero-order valence-electron chi connectivity index (χ0n) is 10.1. The molecule has 17 heavy (non-hydrogen) atoms. The SMILES string of the molecule is CNCC1(C2(c3cccc(F)c3)COC2)CC1. The summed E-state index contributed by atoms with van der Waals surface area (Å²) in [4.78, 5) is 0. The average molecular weight is 235 g/mol. The molecule has 1 aliphatic carbocycles. The summed E-state index contributed by atoms with van der Waals surface area (Å²) < 4.78 is 18.9. The van der Waals surface area contributed by atoms with Gasteiger partial charge in [-0.2, -0.15) is 0 Å². The van der Waals surface area contributed by atoms with Gasteiger partial charge in [0.05, 0.1) is 13.2 Å². The molecule has 3 heteroatoms. The Labute approximate surface area is 101 Å². The number of nitrogens with one attached hydrogen (secondary N) is 1. The number of hydrogen-bond acceptors (Lipinski definition) is 2. The predicted molar refractivity (Wildman–Crippen MR) is 64.5 cm³/mol. The quantitative estimate of drug-likeness (QED) is 0.863. The maximum absolute atomic E-state index is 13.4. The van der Waals surface area contributed by atoms with E-state index in [9.17, 15) is 4.39 Å². The fourth-order valence-corrected chi connectivity index (χ4v) is 3.19. The van der Waals surface area contributed by atoms with Gasteiger partial charge in [-0.05, 0) is 43.0 Å². The number of hydrogen-bond donors (Lipinski definition) is 1. The van der Waals surface area contributed by atoms with E-state index in [2.05, 4.69) is 5.32 Å². The van der Waals surface area contributed by atoms with E-state index in [-0.39, 0.29) is 16.6 Å². The van der Waals surface area contributed by atoms with Gasteiger partial charge in [-0.1, -0.05) is 12.1 Å². The molecule has 2 nitrogen and oxygen atoms in total. The van der Waals surface area contributed by atoms with E-state index in [4.69, 9.17) is 4.74 Å². The highest BCUT2D eigenvalue weighted by atomic mass is 19.1. The molecule has 2 aliphatic rings. The van der Waals surface area contributed by atoms with Crippen LogP contribution in [0.1, 0.15) is 18.4 Å². The van der Waals surface area contributed by atoms with Crippen LogP contribution in [0.25, 0.3) is 0 Å². The fourth-order valence-electron chi connectivity index (χ4n) is 3.19. The highest BCUT2D eigenvalue weighted by Gasteiger charge is 2.63. The average Bonchev–Trinajstić information content (AvgIpc) is 2.98. The molecule has 0 spiro atoms. The summed E-state index contributed by atoms with van der Waals surface area (Å²) in [7, 11) is 1.98. The van der Waals surface area contributed by atoms with Crippen molar-refractivity contribution in [3.8, 4) is 0 Å². The molecule has 0 aromatic heterocycles. The van der Waals surface area contributed by atoms with Gasteiger partial charge in [0.1, 0.15) is 5.82 Å². The Kier molecular flexibility index (Phi) is 2.49. The van der Waals surface area contributed by atoms with Crippen LogP contribution in [-0.2, 0) is 10.2 Å². The smallest absolute Gasteiger partial charge is 0.123 e. The summed E-state index contributed by atoms with van der Waals surface area (Å²) >= 11 is 0. The second-order valence-electron chi connectivity index (χ2n) is 5.40. The maximum atomic E-state index is 13.4. The lowest BCUT2D eigenvalue weighted by atomic mass is 9.66. The normalized spacial score (nSPS) is 24.1. The van der Waals surface area contributed by atoms with Crippen LogP contribution in [-0.4, -0.2) is 26.8 Å². The van der Waals surface area contributed by atoms with Crippen molar-refractivity contribution in [2.75, 3.05) is 26.8 Å². The molecule has 3 rings (SSSR count). The van der Waals surface area contributed by atoms with Crippen LogP contribution >= 0.6 is 0 Å². The molecule has 0 amide bonds. The summed E-state index contributed by atoms with van der Waals surface area (Å²) in [5.41, 5.74) is 1.43. The lowest BCUT2D eigenvalue weighted by Gasteiger charge is -2.48. The first-order valence-electron chi connectivity index (χ1n) is 6.21. The Morgan fingerprint density at radius 1 is 1.35 bits per heavy atom. The van der Waals surface area contributed by atoms with E-state index in [1.807, 2.05) is 13.1 Å². The van der Waals surface area contributed by atoms with Crippen molar-refractivity contribution in [2.24, 2.45) is 5.41 Å². The minimum Gasteiger partial charge on any atom is -0.379 e. The summed E-state index contributed by atoms with van der Waals surface area (Å²) in [5.74, 6) is -0.144. The van der Waals surface area contributed by atoms with Crippen LogP contribution in [0.2, 0.25) is 0 Å². The van der Waals surface area contributed by atoms with Crippen molar-refractivity contribution in [3.63, 3.8) is 0 Å². The van der Waals surface area contributed by atoms with E-state index in [0.29, 0.717) is 0 Å². The third kappa shape index (κ3) is 1.53. The zero-order chi connectivity index (χ0) is 11.9. The van der Waals surface area contributed by atoms with Crippen molar-refractivity contribution < 1.29 is 9.13 Å². The minimum atomic E-state index is -0.144. The molecular formula is C14H18FNO. The van der Waals surface area contributed by atoms with Gasteiger partial charge in [-0.25, -0.2) is 4.39 Å². The topological polar surface area (TPSA) is 21.3 Å². The molecule has 1 aromatic carbocycles. The number of ether oxygens (including phenoxy) is 1. The van der Waals surface area contributed by atoms with Crippen LogP contribution < -0.4 is 5.32 Å². The highest BCUT2D eigenvalue weighted by molar-refractivity contribution is 5.35. The molecule has 1 N–H and O–H groups in total. The van der Waals surface area contributed by atoms with Gasteiger partial charge in [0.2, 0.25) is 0 Å². The van der Waals surface area contributed by atoms with Crippen LogP contribution in [0.15, 0.2) is 24.3 Å². The predicted octanol–water partition coefficient (Wildman–Crippen LogP) is 2.09. The van der Waals surface area contributed by atoms with Crippen molar-refractivity contribution in [1.82, 2.24) is 5.32 Å². The Morgan fingerprint density at radius 2 is 2.12 bits per heavy atom. The molecule has 1 aromatic rings. The second-order valence-corrected chi connectivity index (χ2v) is 5.40. The van der Waals surface area contributed by atoms with Crippen molar-refractivity contribution in [2.45, 2.75) is 18.3 Å². The Morgan fingerprint density at radius 3 is 2.59 bits per heavy atom. The molecule has 0 unspecified atom stereocenters. The Balaban J connectivity index is 1.97. The Bertz CT molecular complexity index is 424. The Hall–Kier alpha value is -0.930. The summed E-state index contributed by atoms with van der Waals surface area (Å²) in [6, 6.07) is 7.04. The molecule has 1 saturated heterocycles. The third-order valence-corrected chi connectivity index (χ3v) is 4.46. The second kappa shape index (κ2) is 3.79. The van der Waals surface area contributed by atoms with E-state index < -0.39 is 0 Å². The van der Waals surface area contributed by atoms with Crippen LogP contribution in [0.4, 0.5) is 4.39 Å². The van der Waals surface area contributed by atoms with Gasteiger partial charge < -0.3 is 10.1 Å². The first kappa shape index (κ1) is 11.2. The van der Waals surface area contributed by atoms with Crippen molar-refractivity contribution in [3.05, 3.63) is 35.6 Å². The summed E-state index contributed by atoms with van der Waals surface area (Å²) in [5, 5.41) is 3.28. The number of benzene rings is 1. The van der Waals surface area contributed by atoms with E-state index >= 15 is 0 Å². The molecule has 1 saturated carbocycles. The monoisotopic (exact) mass is 235 g/mol. The molecule has 1 aliphatic heterocycles. The molecule has 2 fully saturated rings. The van der Waals surface area contributed by atoms with Crippen LogP contribution in [0.3, 0.4) is 0 Å². The molecule has 1 heterocycles. The molecule has 92 valence electrons. The zero-order valence-corrected chi connectivity index (χ0v) is 10.1. The van der Waals surface area contributed by atoms with Gasteiger partial charge in [-0.3, -0.25) is 0 Å². The molecule has 0 radical (unpaired) electrons. The van der Waals surface area contributed by atoms with Gasteiger partial charge in [-0.15, -0.1) is 0 Å². The van der Waals surface area contributed by atoms with Crippen molar-refractivity contribution in [1.29, 1.82) is 0 Å².